The summed E-state index contributed by atoms with van der Waals surface area (Å²) in [6.07, 6.45) is 0.471. The Labute approximate surface area is 130 Å². The average Bonchev–Trinajstić information content (AvgIpc) is 2.43. The molecule has 0 amide bonds. The first-order valence-corrected chi connectivity index (χ1v) is 7.22. The SMILES string of the molecule is COc1ccccc1CC(N)c1cc(Cl)c(Br)cc1F. The second-order valence-electron chi connectivity index (χ2n) is 4.41. The van der Waals surface area contributed by atoms with Crippen LogP contribution in [-0.4, -0.2) is 7.11 Å². The molecule has 1 atom stereocenters. The van der Waals surface area contributed by atoms with Gasteiger partial charge in [-0.15, -0.1) is 0 Å². The molecule has 0 bridgehead atoms. The summed E-state index contributed by atoms with van der Waals surface area (Å²) in [6.45, 7) is 0. The summed E-state index contributed by atoms with van der Waals surface area (Å²) in [5.74, 6) is 0.371. The first-order chi connectivity index (χ1) is 9.52. The molecule has 2 aromatic carbocycles. The van der Waals surface area contributed by atoms with E-state index in [2.05, 4.69) is 15.9 Å². The number of nitrogens with two attached hydrogens (primary N) is 1. The summed E-state index contributed by atoms with van der Waals surface area (Å²) in [4.78, 5) is 0. The number of halogens is 3. The van der Waals surface area contributed by atoms with Crippen molar-refractivity contribution in [3.8, 4) is 5.75 Å². The van der Waals surface area contributed by atoms with Crippen molar-refractivity contribution in [2.75, 3.05) is 7.11 Å². The monoisotopic (exact) mass is 357 g/mol. The lowest BCUT2D eigenvalue weighted by molar-refractivity contribution is 0.408. The van der Waals surface area contributed by atoms with Crippen molar-refractivity contribution < 1.29 is 9.13 Å². The molecule has 20 heavy (non-hydrogen) atoms. The zero-order chi connectivity index (χ0) is 14.7. The maximum Gasteiger partial charge on any atom is 0.129 e. The van der Waals surface area contributed by atoms with Crippen molar-refractivity contribution in [3.63, 3.8) is 0 Å². The molecule has 0 saturated carbocycles. The minimum atomic E-state index is -0.489. The number of hydrogen-bond acceptors (Lipinski definition) is 2. The minimum absolute atomic E-state index is 0.372. The van der Waals surface area contributed by atoms with Crippen LogP contribution in [0.4, 0.5) is 4.39 Å². The van der Waals surface area contributed by atoms with Crippen LogP contribution in [0.5, 0.6) is 5.75 Å². The molecule has 0 radical (unpaired) electrons. The van der Waals surface area contributed by atoms with E-state index in [9.17, 15) is 4.39 Å². The van der Waals surface area contributed by atoms with Gasteiger partial charge in [-0.2, -0.15) is 0 Å². The van der Waals surface area contributed by atoms with E-state index >= 15 is 0 Å². The predicted octanol–water partition coefficient (Wildman–Crippen LogP) is 4.49. The molecule has 2 nitrogen and oxygen atoms in total. The Morgan fingerprint density at radius 2 is 2.05 bits per heavy atom. The van der Waals surface area contributed by atoms with Crippen molar-refractivity contribution in [2.24, 2.45) is 5.73 Å². The lowest BCUT2D eigenvalue weighted by Crippen LogP contribution is -2.15. The normalized spacial score (nSPS) is 12.2. The summed E-state index contributed by atoms with van der Waals surface area (Å²) < 4.78 is 19.8. The molecule has 0 heterocycles. The van der Waals surface area contributed by atoms with E-state index in [-0.39, 0.29) is 5.82 Å². The van der Waals surface area contributed by atoms with Gasteiger partial charge in [0, 0.05) is 16.1 Å². The van der Waals surface area contributed by atoms with Crippen LogP contribution in [0.2, 0.25) is 5.02 Å². The molecular weight excluding hydrogens is 345 g/mol. The lowest BCUT2D eigenvalue weighted by atomic mass is 9.98. The third kappa shape index (κ3) is 3.32. The fourth-order valence-electron chi connectivity index (χ4n) is 2.04. The Morgan fingerprint density at radius 1 is 1.35 bits per heavy atom. The average molecular weight is 359 g/mol. The van der Waals surface area contributed by atoms with E-state index in [1.54, 1.807) is 13.2 Å². The third-order valence-corrected chi connectivity index (χ3v) is 4.27. The van der Waals surface area contributed by atoms with E-state index in [1.165, 1.54) is 6.07 Å². The van der Waals surface area contributed by atoms with Crippen molar-refractivity contribution >= 4 is 27.5 Å². The Balaban J connectivity index is 2.28. The van der Waals surface area contributed by atoms with Crippen LogP contribution in [0.15, 0.2) is 40.9 Å². The molecule has 5 heteroatoms. The second kappa shape index (κ2) is 6.57. The largest absolute Gasteiger partial charge is 0.496 e. The van der Waals surface area contributed by atoms with Gasteiger partial charge in [-0.05, 0) is 46.1 Å². The van der Waals surface area contributed by atoms with Gasteiger partial charge in [0.15, 0.2) is 0 Å². The zero-order valence-electron chi connectivity index (χ0n) is 10.9. The number of para-hydroxylation sites is 1. The van der Waals surface area contributed by atoms with Crippen LogP contribution in [-0.2, 0) is 6.42 Å². The minimum Gasteiger partial charge on any atom is -0.496 e. The smallest absolute Gasteiger partial charge is 0.129 e. The van der Waals surface area contributed by atoms with Gasteiger partial charge in [-0.3, -0.25) is 0 Å². The van der Waals surface area contributed by atoms with Crippen LogP contribution in [0.3, 0.4) is 0 Å². The van der Waals surface area contributed by atoms with E-state index in [4.69, 9.17) is 22.1 Å². The molecule has 0 aliphatic carbocycles. The molecule has 0 spiro atoms. The highest BCUT2D eigenvalue weighted by molar-refractivity contribution is 9.10. The van der Waals surface area contributed by atoms with Gasteiger partial charge in [-0.1, -0.05) is 29.8 Å². The summed E-state index contributed by atoms with van der Waals surface area (Å²) in [5, 5.41) is 0.442. The summed E-state index contributed by atoms with van der Waals surface area (Å²) in [6, 6.07) is 9.95. The third-order valence-electron chi connectivity index (χ3n) is 3.07. The van der Waals surface area contributed by atoms with Crippen LogP contribution in [0.25, 0.3) is 0 Å². The van der Waals surface area contributed by atoms with Gasteiger partial charge in [0.1, 0.15) is 11.6 Å². The second-order valence-corrected chi connectivity index (χ2v) is 5.67. The highest BCUT2D eigenvalue weighted by Crippen LogP contribution is 2.30. The fraction of sp³-hybridized carbons (Fsp3) is 0.200. The Hall–Kier alpha value is -1.10. The van der Waals surface area contributed by atoms with Gasteiger partial charge in [0.05, 0.1) is 12.1 Å². The molecule has 2 rings (SSSR count). The van der Waals surface area contributed by atoms with E-state index in [0.29, 0.717) is 21.5 Å². The molecule has 0 fully saturated rings. The molecule has 0 aliphatic rings. The maximum absolute atomic E-state index is 14.0. The van der Waals surface area contributed by atoms with Crippen LogP contribution < -0.4 is 10.5 Å². The van der Waals surface area contributed by atoms with Gasteiger partial charge >= 0.3 is 0 Å². The summed E-state index contributed by atoms with van der Waals surface area (Å²) in [7, 11) is 1.60. The molecule has 0 saturated heterocycles. The summed E-state index contributed by atoms with van der Waals surface area (Å²) in [5.41, 5.74) is 7.43. The van der Waals surface area contributed by atoms with Gasteiger partial charge in [0.25, 0.3) is 0 Å². The standard InChI is InChI=1S/C15H14BrClFNO/c1-20-15-5-3-2-4-9(15)6-14(19)10-7-12(17)11(16)8-13(10)18/h2-5,7-8,14H,6,19H2,1H3. The lowest BCUT2D eigenvalue weighted by Gasteiger charge is -2.16. The van der Waals surface area contributed by atoms with Crippen LogP contribution in [0.1, 0.15) is 17.2 Å². The zero-order valence-corrected chi connectivity index (χ0v) is 13.2. The highest BCUT2D eigenvalue weighted by Gasteiger charge is 2.16. The summed E-state index contributed by atoms with van der Waals surface area (Å²) >= 11 is 9.18. The number of ether oxygens (including phenoxy) is 1. The quantitative estimate of drug-likeness (QED) is 0.817. The first kappa shape index (κ1) is 15.3. The molecule has 0 aliphatic heterocycles. The molecule has 2 aromatic rings. The predicted molar refractivity (Wildman–Crippen MR) is 82.7 cm³/mol. The van der Waals surface area contributed by atoms with Crippen molar-refractivity contribution in [1.29, 1.82) is 0 Å². The van der Waals surface area contributed by atoms with Gasteiger partial charge in [0.2, 0.25) is 0 Å². The van der Waals surface area contributed by atoms with Crippen LogP contribution in [0, 0.1) is 5.82 Å². The molecular formula is C15H14BrClFNO. The van der Waals surface area contributed by atoms with E-state index < -0.39 is 6.04 Å². The molecule has 1 unspecified atom stereocenters. The van der Waals surface area contributed by atoms with E-state index in [1.807, 2.05) is 24.3 Å². The van der Waals surface area contributed by atoms with Crippen molar-refractivity contribution in [3.05, 3.63) is 62.8 Å². The molecule has 2 N–H and O–H groups in total. The van der Waals surface area contributed by atoms with E-state index in [0.717, 1.165) is 11.3 Å². The number of methoxy groups -OCH3 is 1. The molecule has 106 valence electrons. The fourth-order valence-corrected chi connectivity index (χ4v) is 2.53. The van der Waals surface area contributed by atoms with Crippen molar-refractivity contribution in [1.82, 2.24) is 0 Å². The van der Waals surface area contributed by atoms with Crippen molar-refractivity contribution in [2.45, 2.75) is 12.5 Å². The number of rotatable bonds is 4. The first-order valence-electron chi connectivity index (χ1n) is 6.05. The Bertz CT molecular complexity index is 621. The Morgan fingerprint density at radius 3 is 2.75 bits per heavy atom. The van der Waals surface area contributed by atoms with Gasteiger partial charge < -0.3 is 10.5 Å². The Kier molecular flexibility index (Phi) is 5.02. The topological polar surface area (TPSA) is 35.2 Å². The number of benzene rings is 2. The van der Waals surface area contributed by atoms with Gasteiger partial charge in [-0.25, -0.2) is 4.39 Å². The highest BCUT2D eigenvalue weighted by atomic mass is 79.9. The maximum atomic E-state index is 14.0. The molecule has 0 aromatic heterocycles. The number of hydrogen-bond donors (Lipinski definition) is 1. The van der Waals surface area contributed by atoms with Crippen LogP contribution >= 0.6 is 27.5 Å².